The summed E-state index contributed by atoms with van der Waals surface area (Å²) in [6.45, 7) is 2.21. The van der Waals surface area contributed by atoms with Crippen LogP contribution in [-0.4, -0.2) is 29.8 Å². The van der Waals surface area contributed by atoms with E-state index in [1.54, 1.807) is 6.92 Å². The van der Waals surface area contributed by atoms with Crippen molar-refractivity contribution in [2.45, 2.75) is 19.5 Å². The molecule has 1 rings (SSSR count). The third-order valence-corrected chi connectivity index (χ3v) is 3.02. The first kappa shape index (κ1) is 16.8. The molecule has 0 saturated heterocycles. The first-order valence-electron chi connectivity index (χ1n) is 6.03. The summed E-state index contributed by atoms with van der Waals surface area (Å²) in [5.41, 5.74) is -1.62. The van der Waals surface area contributed by atoms with Crippen molar-refractivity contribution in [2.24, 2.45) is 0 Å². The van der Waals surface area contributed by atoms with E-state index in [9.17, 15) is 22.4 Å². The lowest BCUT2D eigenvalue weighted by molar-refractivity contribution is -0.137. The lowest BCUT2D eigenvalue weighted by atomic mass is 10.1. The summed E-state index contributed by atoms with van der Waals surface area (Å²) in [5, 5.41) is 0. The molecular weight excluding hydrogens is 298 g/mol. The lowest BCUT2D eigenvalue weighted by Gasteiger charge is -2.21. The van der Waals surface area contributed by atoms with E-state index in [1.807, 2.05) is 0 Å². The summed E-state index contributed by atoms with van der Waals surface area (Å²) < 4.78 is 51.3. The minimum Gasteiger partial charge on any atom is -0.339 e. The second kappa shape index (κ2) is 6.92. The molecule has 0 spiro atoms. The second-order valence-corrected chi connectivity index (χ2v) is 4.50. The largest absolute Gasteiger partial charge is 0.416 e. The fraction of sp³-hybridized carbons (Fsp3) is 0.462. The number of alkyl halides is 4. The summed E-state index contributed by atoms with van der Waals surface area (Å²) in [5.74, 6) is -1.41. The van der Waals surface area contributed by atoms with Gasteiger partial charge in [-0.25, -0.2) is 4.39 Å². The van der Waals surface area contributed by atoms with Crippen LogP contribution in [0.1, 0.15) is 29.3 Å². The van der Waals surface area contributed by atoms with Crippen LogP contribution in [0.2, 0.25) is 0 Å². The summed E-state index contributed by atoms with van der Waals surface area (Å²) in [7, 11) is 0. The van der Waals surface area contributed by atoms with Crippen LogP contribution < -0.4 is 0 Å². The molecule has 0 aromatic heterocycles. The summed E-state index contributed by atoms with van der Waals surface area (Å²) in [6.07, 6.45) is -4.13. The van der Waals surface area contributed by atoms with Gasteiger partial charge in [-0.2, -0.15) is 13.2 Å². The molecule has 20 heavy (non-hydrogen) atoms. The number of benzene rings is 1. The molecule has 0 unspecified atom stereocenters. The SMILES string of the molecule is CCN(CCCCl)C(=O)c1cc(C(F)(F)F)ccc1F. The molecule has 0 radical (unpaired) electrons. The van der Waals surface area contributed by atoms with E-state index >= 15 is 0 Å². The Morgan fingerprint density at radius 1 is 1.35 bits per heavy atom. The van der Waals surface area contributed by atoms with Crippen molar-refractivity contribution in [3.63, 3.8) is 0 Å². The Labute approximate surface area is 119 Å². The van der Waals surface area contributed by atoms with E-state index in [-0.39, 0.29) is 13.1 Å². The molecule has 7 heteroatoms. The monoisotopic (exact) mass is 311 g/mol. The number of hydrogen-bond donors (Lipinski definition) is 0. The Balaban J connectivity index is 3.07. The molecule has 0 N–H and O–H groups in total. The molecule has 0 saturated carbocycles. The zero-order valence-electron chi connectivity index (χ0n) is 10.8. The van der Waals surface area contributed by atoms with E-state index in [4.69, 9.17) is 11.6 Å². The number of rotatable bonds is 5. The van der Waals surface area contributed by atoms with Gasteiger partial charge in [0.15, 0.2) is 0 Å². The first-order valence-corrected chi connectivity index (χ1v) is 6.56. The lowest BCUT2D eigenvalue weighted by Crippen LogP contribution is -2.32. The zero-order valence-corrected chi connectivity index (χ0v) is 11.6. The first-order chi connectivity index (χ1) is 9.31. The average molecular weight is 312 g/mol. The van der Waals surface area contributed by atoms with Crippen LogP contribution in [0.25, 0.3) is 0 Å². The maximum atomic E-state index is 13.6. The predicted molar refractivity (Wildman–Crippen MR) is 68.3 cm³/mol. The maximum Gasteiger partial charge on any atom is 0.416 e. The zero-order chi connectivity index (χ0) is 15.3. The molecule has 1 aromatic rings. The third kappa shape index (κ3) is 4.10. The molecule has 0 fully saturated rings. The maximum absolute atomic E-state index is 13.6. The van der Waals surface area contributed by atoms with Gasteiger partial charge in [-0.05, 0) is 31.5 Å². The van der Waals surface area contributed by atoms with Crippen LogP contribution in [0.3, 0.4) is 0 Å². The van der Waals surface area contributed by atoms with Gasteiger partial charge in [0, 0.05) is 19.0 Å². The second-order valence-electron chi connectivity index (χ2n) is 4.12. The van der Waals surface area contributed by atoms with Crippen LogP contribution in [0, 0.1) is 5.82 Å². The molecule has 0 aliphatic carbocycles. The molecular formula is C13H14ClF4NO. The van der Waals surface area contributed by atoms with E-state index in [2.05, 4.69) is 0 Å². The molecule has 112 valence electrons. The summed E-state index contributed by atoms with van der Waals surface area (Å²) in [4.78, 5) is 13.3. The highest BCUT2D eigenvalue weighted by Gasteiger charge is 2.32. The fourth-order valence-electron chi connectivity index (χ4n) is 1.69. The fourth-order valence-corrected chi connectivity index (χ4v) is 1.81. The average Bonchev–Trinajstić information content (AvgIpc) is 2.38. The molecule has 0 atom stereocenters. The number of carbonyl (C=O) groups is 1. The van der Waals surface area contributed by atoms with Crippen molar-refractivity contribution >= 4 is 17.5 Å². The van der Waals surface area contributed by atoms with Gasteiger partial charge in [-0.3, -0.25) is 4.79 Å². The number of carbonyl (C=O) groups excluding carboxylic acids is 1. The molecule has 0 aliphatic rings. The van der Waals surface area contributed by atoms with Gasteiger partial charge in [0.1, 0.15) is 5.82 Å². The number of hydrogen-bond acceptors (Lipinski definition) is 1. The van der Waals surface area contributed by atoms with Gasteiger partial charge in [-0.15, -0.1) is 11.6 Å². The van der Waals surface area contributed by atoms with E-state index in [0.717, 1.165) is 0 Å². The Kier molecular flexibility index (Phi) is 5.80. The van der Waals surface area contributed by atoms with Crippen molar-refractivity contribution in [1.82, 2.24) is 4.90 Å². The highest BCUT2D eigenvalue weighted by molar-refractivity contribution is 6.17. The Hall–Kier alpha value is -1.30. The number of halogens is 5. The smallest absolute Gasteiger partial charge is 0.339 e. The minimum atomic E-state index is -4.62. The number of amides is 1. The predicted octanol–water partition coefficient (Wildman–Crippen LogP) is 3.94. The normalized spacial score (nSPS) is 11.5. The highest BCUT2D eigenvalue weighted by Crippen LogP contribution is 2.30. The third-order valence-electron chi connectivity index (χ3n) is 2.75. The van der Waals surface area contributed by atoms with Crippen LogP contribution in [0.4, 0.5) is 17.6 Å². The van der Waals surface area contributed by atoms with Crippen molar-refractivity contribution < 1.29 is 22.4 Å². The molecule has 2 nitrogen and oxygen atoms in total. The van der Waals surface area contributed by atoms with Crippen LogP contribution in [0.5, 0.6) is 0 Å². The van der Waals surface area contributed by atoms with Crippen LogP contribution in [0.15, 0.2) is 18.2 Å². The quantitative estimate of drug-likeness (QED) is 0.596. The van der Waals surface area contributed by atoms with E-state index in [0.29, 0.717) is 30.5 Å². The summed E-state index contributed by atoms with van der Waals surface area (Å²) in [6, 6.07) is 1.81. The highest BCUT2D eigenvalue weighted by atomic mass is 35.5. The van der Waals surface area contributed by atoms with Crippen molar-refractivity contribution in [3.8, 4) is 0 Å². The van der Waals surface area contributed by atoms with Gasteiger partial charge in [0.2, 0.25) is 0 Å². The van der Waals surface area contributed by atoms with Crippen LogP contribution in [-0.2, 0) is 6.18 Å². The van der Waals surface area contributed by atoms with Gasteiger partial charge >= 0.3 is 6.18 Å². The molecule has 0 aliphatic heterocycles. The van der Waals surface area contributed by atoms with E-state index < -0.39 is 29.0 Å². The minimum absolute atomic E-state index is 0.269. The van der Waals surface area contributed by atoms with Gasteiger partial charge in [-0.1, -0.05) is 0 Å². The van der Waals surface area contributed by atoms with E-state index in [1.165, 1.54) is 4.90 Å². The summed E-state index contributed by atoms with van der Waals surface area (Å²) >= 11 is 5.51. The Morgan fingerprint density at radius 3 is 2.50 bits per heavy atom. The molecule has 1 amide bonds. The van der Waals surface area contributed by atoms with Crippen molar-refractivity contribution in [3.05, 3.63) is 35.1 Å². The van der Waals surface area contributed by atoms with Gasteiger partial charge < -0.3 is 4.90 Å². The van der Waals surface area contributed by atoms with Gasteiger partial charge in [0.05, 0.1) is 11.1 Å². The standard InChI is InChI=1S/C13H14ClF4NO/c1-2-19(7-3-6-14)12(20)10-8-9(13(16,17)18)4-5-11(10)15/h4-5,8H,2-3,6-7H2,1H3. The Bertz CT molecular complexity index is 476. The van der Waals surface area contributed by atoms with Crippen LogP contribution >= 0.6 is 11.6 Å². The van der Waals surface area contributed by atoms with Crippen molar-refractivity contribution in [2.75, 3.05) is 19.0 Å². The molecule has 0 heterocycles. The Morgan fingerprint density at radius 2 is 2.00 bits per heavy atom. The van der Waals surface area contributed by atoms with Crippen molar-refractivity contribution in [1.29, 1.82) is 0 Å². The molecule has 1 aromatic carbocycles. The molecule has 0 bridgehead atoms. The number of nitrogens with zero attached hydrogens (tertiary/aromatic N) is 1. The topological polar surface area (TPSA) is 20.3 Å². The van der Waals surface area contributed by atoms with Gasteiger partial charge in [0.25, 0.3) is 5.91 Å².